The fourth-order valence-corrected chi connectivity index (χ4v) is 2.94. The predicted octanol–water partition coefficient (Wildman–Crippen LogP) is 3.89. The molecule has 0 atom stereocenters. The van der Waals surface area contributed by atoms with Gasteiger partial charge in [0.05, 0.1) is 11.3 Å². The van der Waals surface area contributed by atoms with Crippen LogP contribution in [0.3, 0.4) is 0 Å². The smallest absolute Gasteiger partial charge is 0.258 e. The van der Waals surface area contributed by atoms with Crippen molar-refractivity contribution in [3.05, 3.63) is 76.7 Å². The highest BCUT2D eigenvalue weighted by Gasteiger charge is 2.17. The first kappa shape index (κ1) is 13.5. The van der Waals surface area contributed by atoms with E-state index in [9.17, 15) is 4.79 Å². The van der Waals surface area contributed by atoms with Crippen molar-refractivity contribution in [2.24, 2.45) is 0 Å². The van der Waals surface area contributed by atoms with Gasteiger partial charge in [0, 0.05) is 22.2 Å². The molecule has 0 spiro atoms. The van der Waals surface area contributed by atoms with Crippen LogP contribution in [0.25, 0.3) is 33.3 Å². The lowest BCUT2D eigenvalue weighted by atomic mass is 9.94. The average molecular weight is 301 g/mol. The summed E-state index contributed by atoms with van der Waals surface area (Å²) in [6.07, 6.45) is 0. The Balaban J connectivity index is 2.17. The zero-order chi connectivity index (χ0) is 15.8. The molecule has 2 N–H and O–H groups in total. The number of aryl methyl sites for hydroxylation is 1. The fourth-order valence-electron chi connectivity index (χ4n) is 2.94. The standard InChI is InChI=1S/C19H15N3O/c1-12-11-16(22-21-12)18-17(13-7-3-2-4-8-13)14-9-5-6-10-15(14)20-19(18)23/h2-11H,1H3,(H,20,23)(H,21,22). The van der Waals surface area contributed by atoms with Crippen LogP contribution in [0.4, 0.5) is 0 Å². The molecule has 2 aromatic heterocycles. The second kappa shape index (κ2) is 5.25. The molecular weight excluding hydrogens is 286 g/mol. The molecule has 4 aromatic rings. The summed E-state index contributed by atoms with van der Waals surface area (Å²) < 4.78 is 0. The van der Waals surface area contributed by atoms with Crippen LogP contribution in [0.2, 0.25) is 0 Å². The Morgan fingerprint density at radius 1 is 0.913 bits per heavy atom. The average Bonchev–Trinajstić information content (AvgIpc) is 3.00. The molecule has 0 saturated heterocycles. The van der Waals surface area contributed by atoms with E-state index in [0.29, 0.717) is 11.3 Å². The van der Waals surface area contributed by atoms with Gasteiger partial charge in [-0.25, -0.2) is 0 Å². The Morgan fingerprint density at radius 3 is 2.39 bits per heavy atom. The van der Waals surface area contributed by atoms with Crippen LogP contribution in [-0.2, 0) is 0 Å². The molecule has 4 heteroatoms. The molecule has 0 bridgehead atoms. The van der Waals surface area contributed by atoms with Gasteiger partial charge in [-0.1, -0.05) is 48.5 Å². The molecule has 2 heterocycles. The molecule has 0 radical (unpaired) electrons. The second-order valence-corrected chi connectivity index (χ2v) is 5.55. The van der Waals surface area contributed by atoms with Gasteiger partial charge in [0.25, 0.3) is 5.56 Å². The van der Waals surface area contributed by atoms with Crippen molar-refractivity contribution in [1.82, 2.24) is 15.2 Å². The number of fused-ring (bicyclic) bond motifs is 1. The third kappa shape index (κ3) is 2.25. The van der Waals surface area contributed by atoms with Crippen LogP contribution in [0.15, 0.2) is 65.5 Å². The molecule has 0 aliphatic rings. The van der Waals surface area contributed by atoms with Crippen molar-refractivity contribution >= 4 is 10.9 Å². The van der Waals surface area contributed by atoms with Crippen LogP contribution in [-0.4, -0.2) is 15.2 Å². The van der Waals surface area contributed by atoms with Gasteiger partial charge in [-0.2, -0.15) is 5.10 Å². The van der Waals surface area contributed by atoms with E-state index in [2.05, 4.69) is 15.2 Å². The highest BCUT2D eigenvalue weighted by Crippen LogP contribution is 2.34. The Hall–Kier alpha value is -3.14. The first-order valence-corrected chi connectivity index (χ1v) is 7.47. The van der Waals surface area contributed by atoms with Crippen LogP contribution in [0.1, 0.15) is 5.69 Å². The van der Waals surface area contributed by atoms with E-state index in [0.717, 1.165) is 27.7 Å². The number of H-pyrrole nitrogens is 2. The normalized spacial score (nSPS) is 11.0. The summed E-state index contributed by atoms with van der Waals surface area (Å²) in [5.74, 6) is 0. The summed E-state index contributed by atoms with van der Waals surface area (Å²) in [7, 11) is 0. The third-order valence-corrected chi connectivity index (χ3v) is 3.95. The lowest BCUT2D eigenvalue weighted by Crippen LogP contribution is -2.11. The highest BCUT2D eigenvalue weighted by atomic mass is 16.1. The number of aromatic nitrogens is 3. The van der Waals surface area contributed by atoms with Crippen molar-refractivity contribution in [2.75, 3.05) is 0 Å². The number of aromatic amines is 2. The van der Waals surface area contributed by atoms with E-state index in [1.807, 2.05) is 67.6 Å². The van der Waals surface area contributed by atoms with E-state index in [4.69, 9.17) is 0 Å². The minimum Gasteiger partial charge on any atom is -0.321 e. The van der Waals surface area contributed by atoms with Gasteiger partial charge in [0.1, 0.15) is 0 Å². The summed E-state index contributed by atoms with van der Waals surface area (Å²) in [4.78, 5) is 15.7. The van der Waals surface area contributed by atoms with Crippen molar-refractivity contribution in [3.63, 3.8) is 0 Å². The molecular formula is C19H15N3O. The maximum Gasteiger partial charge on any atom is 0.258 e. The summed E-state index contributed by atoms with van der Waals surface area (Å²) in [5, 5.41) is 8.22. The van der Waals surface area contributed by atoms with Gasteiger partial charge in [-0.05, 0) is 24.6 Å². The Bertz CT molecular complexity index is 1050. The van der Waals surface area contributed by atoms with Crippen LogP contribution in [0, 0.1) is 6.92 Å². The third-order valence-electron chi connectivity index (χ3n) is 3.95. The minimum absolute atomic E-state index is 0.131. The first-order valence-electron chi connectivity index (χ1n) is 7.47. The molecule has 0 aliphatic heterocycles. The molecule has 0 amide bonds. The number of nitrogens with one attached hydrogen (secondary N) is 2. The second-order valence-electron chi connectivity index (χ2n) is 5.55. The number of benzene rings is 2. The Labute approximate surface area is 132 Å². The summed E-state index contributed by atoms with van der Waals surface area (Å²) in [6.45, 7) is 1.92. The lowest BCUT2D eigenvalue weighted by molar-refractivity contribution is 1.05. The van der Waals surface area contributed by atoms with Crippen LogP contribution >= 0.6 is 0 Å². The number of pyridine rings is 1. The quantitative estimate of drug-likeness (QED) is 0.590. The molecule has 0 saturated carbocycles. The largest absolute Gasteiger partial charge is 0.321 e. The summed E-state index contributed by atoms with van der Waals surface area (Å²) >= 11 is 0. The molecule has 23 heavy (non-hydrogen) atoms. The minimum atomic E-state index is -0.131. The molecule has 0 unspecified atom stereocenters. The number of nitrogens with zero attached hydrogens (tertiary/aromatic N) is 1. The predicted molar refractivity (Wildman–Crippen MR) is 92.3 cm³/mol. The van der Waals surface area contributed by atoms with E-state index < -0.39 is 0 Å². The van der Waals surface area contributed by atoms with E-state index in [1.165, 1.54) is 0 Å². The fraction of sp³-hybridized carbons (Fsp3) is 0.0526. The maximum absolute atomic E-state index is 12.7. The molecule has 4 rings (SSSR count). The van der Waals surface area contributed by atoms with Gasteiger partial charge in [0.2, 0.25) is 0 Å². The molecule has 112 valence electrons. The number of para-hydroxylation sites is 1. The van der Waals surface area contributed by atoms with Crippen LogP contribution in [0.5, 0.6) is 0 Å². The topological polar surface area (TPSA) is 61.5 Å². The number of rotatable bonds is 2. The van der Waals surface area contributed by atoms with Crippen molar-refractivity contribution < 1.29 is 0 Å². The molecule has 4 nitrogen and oxygen atoms in total. The van der Waals surface area contributed by atoms with Gasteiger partial charge in [-0.15, -0.1) is 0 Å². The molecule has 0 aliphatic carbocycles. The van der Waals surface area contributed by atoms with E-state index in [1.54, 1.807) is 0 Å². The van der Waals surface area contributed by atoms with E-state index >= 15 is 0 Å². The molecule has 2 aromatic carbocycles. The lowest BCUT2D eigenvalue weighted by Gasteiger charge is -2.11. The first-order chi connectivity index (χ1) is 11.2. The van der Waals surface area contributed by atoms with Gasteiger partial charge in [-0.3, -0.25) is 9.89 Å². The summed E-state index contributed by atoms with van der Waals surface area (Å²) in [6, 6.07) is 19.7. The monoisotopic (exact) mass is 301 g/mol. The summed E-state index contributed by atoms with van der Waals surface area (Å²) in [5.41, 5.74) is 4.79. The Kier molecular flexibility index (Phi) is 3.08. The zero-order valence-electron chi connectivity index (χ0n) is 12.6. The van der Waals surface area contributed by atoms with Gasteiger partial charge in [0.15, 0.2) is 0 Å². The van der Waals surface area contributed by atoms with Crippen molar-refractivity contribution in [1.29, 1.82) is 0 Å². The number of hydrogen-bond acceptors (Lipinski definition) is 2. The van der Waals surface area contributed by atoms with Crippen molar-refractivity contribution in [3.8, 4) is 22.4 Å². The van der Waals surface area contributed by atoms with E-state index in [-0.39, 0.29) is 5.56 Å². The van der Waals surface area contributed by atoms with Crippen molar-refractivity contribution in [2.45, 2.75) is 6.92 Å². The molecule has 0 fully saturated rings. The van der Waals surface area contributed by atoms with Gasteiger partial charge < -0.3 is 4.98 Å². The van der Waals surface area contributed by atoms with Crippen LogP contribution < -0.4 is 5.56 Å². The zero-order valence-corrected chi connectivity index (χ0v) is 12.6. The van der Waals surface area contributed by atoms with Gasteiger partial charge >= 0.3 is 0 Å². The highest BCUT2D eigenvalue weighted by molar-refractivity contribution is 6.01. The Morgan fingerprint density at radius 2 is 1.65 bits per heavy atom. The number of hydrogen-bond donors (Lipinski definition) is 2. The maximum atomic E-state index is 12.7. The SMILES string of the molecule is Cc1cc(-c2c(-c3ccccc3)c3ccccc3[nH]c2=O)n[nH]1.